The van der Waals surface area contributed by atoms with Crippen molar-refractivity contribution in [3.05, 3.63) is 0 Å². The minimum Gasteiger partial charge on any atom is -0.409 e. The summed E-state index contributed by atoms with van der Waals surface area (Å²) in [6.45, 7) is 0. The van der Waals surface area contributed by atoms with Gasteiger partial charge in [0.2, 0.25) is 0 Å². The number of oxime groups is 1. The lowest BCUT2D eigenvalue weighted by Gasteiger charge is -2.30. The van der Waals surface area contributed by atoms with E-state index in [1.54, 1.807) is 0 Å². The van der Waals surface area contributed by atoms with E-state index in [4.69, 9.17) is 10.9 Å². The molecule has 0 aromatic heterocycles. The van der Waals surface area contributed by atoms with Crippen LogP contribution in [0.1, 0.15) is 32.1 Å². The molecule has 0 spiro atoms. The SMILES string of the molecule is N/C(CC1CCCCC1(F)F)=N\O. The molecule has 13 heavy (non-hydrogen) atoms. The van der Waals surface area contributed by atoms with Crippen molar-refractivity contribution in [3.63, 3.8) is 0 Å². The number of rotatable bonds is 2. The maximum Gasteiger partial charge on any atom is 0.251 e. The average molecular weight is 192 g/mol. The minimum atomic E-state index is -2.65. The summed E-state index contributed by atoms with van der Waals surface area (Å²) in [6.07, 6.45) is 1.75. The predicted molar refractivity (Wildman–Crippen MR) is 44.9 cm³/mol. The van der Waals surface area contributed by atoms with Crippen molar-refractivity contribution in [2.45, 2.75) is 38.0 Å². The van der Waals surface area contributed by atoms with Crippen molar-refractivity contribution in [1.29, 1.82) is 0 Å². The number of hydrogen-bond acceptors (Lipinski definition) is 2. The largest absolute Gasteiger partial charge is 0.409 e. The van der Waals surface area contributed by atoms with Gasteiger partial charge in [0.1, 0.15) is 5.84 Å². The molecule has 1 aliphatic carbocycles. The second kappa shape index (κ2) is 3.89. The summed E-state index contributed by atoms with van der Waals surface area (Å²) >= 11 is 0. The highest BCUT2D eigenvalue weighted by Gasteiger charge is 2.41. The van der Waals surface area contributed by atoms with E-state index in [2.05, 4.69) is 5.16 Å². The molecule has 0 aliphatic heterocycles. The fourth-order valence-corrected chi connectivity index (χ4v) is 1.71. The smallest absolute Gasteiger partial charge is 0.251 e. The summed E-state index contributed by atoms with van der Waals surface area (Å²) in [6, 6.07) is 0. The lowest BCUT2D eigenvalue weighted by atomic mass is 9.83. The predicted octanol–water partition coefficient (Wildman–Crippen LogP) is 1.95. The third kappa shape index (κ3) is 2.54. The van der Waals surface area contributed by atoms with E-state index in [1.807, 2.05) is 0 Å². The molecule has 3 N–H and O–H groups in total. The molecule has 0 aromatic rings. The van der Waals surface area contributed by atoms with E-state index in [0.29, 0.717) is 12.8 Å². The molecule has 0 aromatic carbocycles. The molecule has 0 saturated heterocycles. The van der Waals surface area contributed by atoms with Gasteiger partial charge in [-0.25, -0.2) is 8.78 Å². The van der Waals surface area contributed by atoms with Gasteiger partial charge in [0, 0.05) is 18.8 Å². The minimum absolute atomic E-state index is 0.0104. The Kier molecular flexibility index (Phi) is 3.06. The molecular weight excluding hydrogens is 178 g/mol. The first-order valence-electron chi connectivity index (χ1n) is 4.40. The molecule has 3 nitrogen and oxygen atoms in total. The number of halogens is 2. The molecule has 76 valence electrons. The van der Waals surface area contributed by atoms with Crippen molar-refractivity contribution in [2.24, 2.45) is 16.8 Å². The van der Waals surface area contributed by atoms with E-state index in [-0.39, 0.29) is 18.7 Å². The van der Waals surface area contributed by atoms with E-state index < -0.39 is 11.8 Å². The van der Waals surface area contributed by atoms with Crippen LogP contribution < -0.4 is 5.73 Å². The van der Waals surface area contributed by atoms with Crippen LogP contribution >= 0.6 is 0 Å². The Morgan fingerprint density at radius 2 is 2.23 bits per heavy atom. The maximum atomic E-state index is 13.2. The lowest BCUT2D eigenvalue weighted by Crippen LogP contribution is -2.34. The van der Waals surface area contributed by atoms with Crippen LogP contribution in [0.3, 0.4) is 0 Å². The van der Waals surface area contributed by atoms with Gasteiger partial charge in [-0.3, -0.25) is 0 Å². The summed E-state index contributed by atoms with van der Waals surface area (Å²) in [5, 5.41) is 11.0. The van der Waals surface area contributed by atoms with Crippen molar-refractivity contribution >= 4 is 5.84 Å². The standard InChI is InChI=1S/C8H14F2N2O/c9-8(10)4-2-1-3-6(8)5-7(11)12-13/h6,13H,1-5H2,(H2,11,12). The average Bonchev–Trinajstić information content (AvgIpc) is 2.08. The van der Waals surface area contributed by atoms with Gasteiger partial charge in [-0.05, 0) is 12.8 Å². The molecule has 0 bridgehead atoms. The van der Waals surface area contributed by atoms with E-state index >= 15 is 0 Å². The fourth-order valence-electron chi connectivity index (χ4n) is 1.71. The van der Waals surface area contributed by atoms with Crippen molar-refractivity contribution < 1.29 is 14.0 Å². The Balaban J connectivity index is 2.56. The van der Waals surface area contributed by atoms with Crippen LogP contribution in [0.5, 0.6) is 0 Å². The summed E-state index contributed by atoms with van der Waals surface area (Å²) in [7, 11) is 0. The summed E-state index contributed by atoms with van der Waals surface area (Å²) in [5.41, 5.74) is 5.19. The van der Waals surface area contributed by atoms with Gasteiger partial charge >= 0.3 is 0 Å². The topological polar surface area (TPSA) is 58.6 Å². The van der Waals surface area contributed by atoms with Crippen LogP contribution in [-0.4, -0.2) is 17.0 Å². The second-order valence-corrected chi connectivity index (χ2v) is 3.50. The Morgan fingerprint density at radius 1 is 1.54 bits per heavy atom. The number of nitrogens with two attached hydrogens (primary N) is 1. The van der Waals surface area contributed by atoms with Gasteiger partial charge in [0.25, 0.3) is 5.92 Å². The van der Waals surface area contributed by atoms with Gasteiger partial charge in [-0.2, -0.15) is 0 Å². The molecule has 0 radical (unpaired) electrons. The number of amidine groups is 1. The fraction of sp³-hybridized carbons (Fsp3) is 0.875. The van der Waals surface area contributed by atoms with Crippen LogP contribution in [0.25, 0.3) is 0 Å². The van der Waals surface area contributed by atoms with Gasteiger partial charge in [0.05, 0.1) is 0 Å². The third-order valence-electron chi connectivity index (χ3n) is 2.49. The van der Waals surface area contributed by atoms with Crippen molar-refractivity contribution in [1.82, 2.24) is 0 Å². The monoisotopic (exact) mass is 192 g/mol. The van der Waals surface area contributed by atoms with E-state index in [9.17, 15) is 8.78 Å². The van der Waals surface area contributed by atoms with Crippen molar-refractivity contribution in [3.8, 4) is 0 Å². The second-order valence-electron chi connectivity index (χ2n) is 3.50. The van der Waals surface area contributed by atoms with Crippen LogP contribution in [0, 0.1) is 5.92 Å². The highest BCUT2D eigenvalue weighted by Crippen LogP contribution is 2.40. The highest BCUT2D eigenvalue weighted by molar-refractivity contribution is 5.79. The first-order valence-corrected chi connectivity index (χ1v) is 4.40. The van der Waals surface area contributed by atoms with Crippen LogP contribution in [0.4, 0.5) is 8.78 Å². The maximum absolute atomic E-state index is 13.2. The Bertz CT molecular complexity index is 206. The first-order chi connectivity index (χ1) is 6.06. The Morgan fingerprint density at radius 3 is 2.77 bits per heavy atom. The number of alkyl halides is 2. The van der Waals surface area contributed by atoms with Crippen LogP contribution in [-0.2, 0) is 0 Å². The Labute approximate surface area is 75.6 Å². The molecule has 0 amide bonds. The quantitative estimate of drug-likeness (QED) is 0.304. The van der Waals surface area contributed by atoms with Gasteiger partial charge < -0.3 is 10.9 Å². The van der Waals surface area contributed by atoms with Gasteiger partial charge in [-0.15, -0.1) is 0 Å². The lowest BCUT2D eigenvalue weighted by molar-refractivity contribution is -0.0828. The molecule has 1 aliphatic rings. The van der Waals surface area contributed by atoms with Gasteiger partial charge in [-0.1, -0.05) is 11.6 Å². The van der Waals surface area contributed by atoms with Crippen LogP contribution in [0.2, 0.25) is 0 Å². The summed E-state index contributed by atoms with van der Waals surface area (Å²) in [4.78, 5) is 0. The van der Waals surface area contributed by atoms with E-state index in [0.717, 1.165) is 6.42 Å². The number of hydrogen-bond donors (Lipinski definition) is 2. The molecule has 0 heterocycles. The number of nitrogens with zero attached hydrogens (tertiary/aromatic N) is 1. The molecule has 1 unspecified atom stereocenters. The molecule has 1 fully saturated rings. The normalized spacial score (nSPS) is 28.8. The third-order valence-corrected chi connectivity index (χ3v) is 2.49. The molecule has 1 rings (SSSR count). The molecule has 1 saturated carbocycles. The Hall–Kier alpha value is -0.870. The summed E-state index contributed by atoms with van der Waals surface area (Å²) in [5.74, 6) is -3.50. The van der Waals surface area contributed by atoms with Gasteiger partial charge in [0.15, 0.2) is 0 Å². The van der Waals surface area contributed by atoms with Crippen LogP contribution in [0.15, 0.2) is 5.16 Å². The molecule has 1 atom stereocenters. The molecular formula is C8H14F2N2O. The summed E-state index contributed by atoms with van der Waals surface area (Å²) < 4.78 is 26.3. The zero-order valence-corrected chi connectivity index (χ0v) is 7.34. The zero-order valence-electron chi connectivity index (χ0n) is 7.34. The zero-order chi connectivity index (χ0) is 9.90. The highest BCUT2D eigenvalue weighted by atomic mass is 19.3. The van der Waals surface area contributed by atoms with Crippen molar-refractivity contribution in [2.75, 3.05) is 0 Å². The molecule has 5 heteroatoms. The van der Waals surface area contributed by atoms with E-state index in [1.165, 1.54) is 0 Å². The first kappa shape index (κ1) is 10.2.